The quantitative estimate of drug-likeness (QED) is 0.841. The molecule has 2 aromatic rings. The van der Waals surface area contributed by atoms with Crippen molar-refractivity contribution in [1.82, 2.24) is 0 Å². The van der Waals surface area contributed by atoms with E-state index in [9.17, 15) is 5.11 Å². The molecule has 1 aliphatic rings. The Morgan fingerprint density at radius 2 is 1.41 bits per heavy atom. The summed E-state index contributed by atoms with van der Waals surface area (Å²) in [6.07, 6.45) is 0.492. The third kappa shape index (κ3) is 2.02. The van der Waals surface area contributed by atoms with Gasteiger partial charge >= 0.3 is 0 Å². The molecule has 1 N–H and O–H groups in total. The molecule has 84 valence electrons. The number of hydrogen-bond acceptors (Lipinski definition) is 1. The summed E-state index contributed by atoms with van der Waals surface area (Å²) in [5.74, 6) is 0. The van der Waals surface area contributed by atoms with Crippen LogP contribution < -0.4 is 0 Å². The van der Waals surface area contributed by atoms with E-state index in [1.807, 2.05) is 48.5 Å². The summed E-state index contributed by atoms with van der Waals surface area (Å²) in [7, 11) is 0. The summed E-state index contributed by atoms with van der Waals surface area (Å²) < 4.78 is 0. The highest BCUT2D eigenvalue weighted by Gasteiger charge is 2.29. The maximum absolute atomic E-state index is 10.2. The van der Waals surface area contributed by atoms with Crippen LogP contribution in [0.25, 0.3) is 5.57 Å². The zero-order valence-corrected chi connectivity index (χ0v) is 9.51. The van der Waals surface area contributed by atoms with Gasteiger partial charge in [-0.05, 0) is 28.7 Å². The fourth-order valence-corrected chi connectivity index (χ4v) is 2.17. The van der Waals surface area contributed by atoms with Gasteiger partial charge < -0.3 is 5.11 Å². The van der Waals surface area contributed by atoms with Crippen molar-refractivity contribution in [3.05, 3.63) is 77.4 Å². The molecule has 0 bridgehead atoms. The van der Waals surface area contributed by atoms with Crippen molar-refractivity contribution < 1.29 is 5.11 Å². The number of hydrogen-bond donors (Lipinski definition) is 1. The smallest absolute Gasteiger partial charge is 0.101 e. The van der Waals surface area contributed by atoms with Crippen LogP contribution in [0.4, 0.5) is 0 Å². The molecule has 0 spiro atoms. The maximum atomic E-state index is 10.2. The minimum atomic E-state index is -0.439. The molecule has 0 fully saturated rings. The van der Waals surface area contributed by atoms with Crippen LogP contribution in [0.3, 0.4) is 0 Å². The van der Waals surface area contributed by atoms with E-state index in [1.54, 1.807) is 0 Å². The summed E-state index contributed by atoms with van der Waals surface area (Å²) in [6, 6.07) is 20.1. The minimum absolute atomic E-state index is 0.439. The molecule has 17 heavy (non-hydrogen) atoms. The van der Waals surface area contributed by atoms with Crippen LogP contribution in [0.5, 0.6) is 0 Å². The van der Waals surface area contributed by atoms with Gasteiger partial charge in [0.05, 0.1) is 0 Å². The van der Waals surface area contributed by atoms with Gasteiger partial charge in [0.25, 0.3) is 0 Å². The van der Waals surface area contributed by atoms with Gasteiger partial charge in [0.2, 0.25) is 0 Å². The van der Waals surface area contributed by atoms with E-state index in [4.69, 9.17) is 0 Å². The van der Waals surface area contributed by atoms with Crippen LogP contribution in [-0.4, -0.2) is 5.11 Å². The molecule has 1 unspecified atom stereocenters. The monoisotopic (exact) mass is 222 g/mol. The first kappa shape index (κ1) is 10.3. The van der Waals surface area contributed by atoms with Gasteiger partial charge in [-0.3, -0.25) is 0 Å². The molecule has 0 amide bonds. The van der Waals surface area contributed by atoms with E-state index in [0.717, 1.165) is 17.6 Å². The van der Waals surface area contributed by atoms with Crippen molar-refractivity contribution in [2.45, 2.75) is 12.5 Å². The molecule has 3 rings (SSSR count). The number of aliphatic hydroxyl groups is 1. The third-order valence-corrected chi connectivity index (χ3v) is 3.20. The number of rotatable bonds is 3. The molecule has 0 aliphatic heterocycles. The second-order valence-electron chi connectivity index (χ2n) is 4.36. The minimum Gasteiger partial charge on any atom is -0.384 e. The molecule has 0 aromatic heterocycles. The van der Waals surface area contributed by atoms with Crippen molar-refractivity contribution in [2.24, 2.45) is 0 Å². The van der Waals surface area contributed by atoms with Gasteiger partial charge in [0.1, 0.15) is 6.10 Å². The molecule has 0 radical (unpaired) electrons. The van der Waals surface area contributed by atoms with E-state index in [-0.39, 0.29) is 0 Å². The summed E-state index contributed by atoms with van der Waals surface area (Å²) in [5, 5.41) is 10.2. The van der Waals surface area contributed by atoms with Crippen LogP contribution in [0.1, 0.15) is 23.7 Å². The molecule has 1 atom stereocenters. The fraction of sp³-hybridized carbons (Fsp3) is 0.125. The standard InChI is InChI=1S/C16H14O/c17-16(13-9-5-2-6-10-13)15-11-14(15)12-7-3-1-4-8-12/h1-10,16-17H,11H2. The largest absolute Gasteiger partial charge is 0.384 e. The van der Waals surface area contributed by atoms with Crippen LogP contribution in [0.15, 0.2) is 66.2 Å². The topological polar surface area (TPSA) is 20.2 Å². The molecule has 0 heterocycles. The summed E-state index contributed by atoms with van der Waals surface area (Å²) in [4.78, 5) is 0. The summed E-state index contributed by atoms with van der Waals surface area (Å²) in [5.41, 5.74) is 4.66. The zero-order valence-electron chi connectivity index (χ0n) is 9.51. The van der Waals surface area contributed by atoms with E-state index in [2.05, 4.69) is 12.1 Å². The Labute approximate surface area is 101 Å². The van der Waals surface area contributed by atoms with Gasteiger partial charge in [-0.2, -0.15) is 0 Å². The van der Waals surface area contributed by atoms with Crippen LogP contribution >= 0.6 is 0 Å². The Morgan fingerprint density at radius 3 is 2.06 bits per heavy atom. The third-order valence-electron chi connectivity index (χ3n) is 3.20. The molecular formula is C16H14O. The van der Waals surface area contributed by atoms with Gasteiger partial charge in [-0.15, -0.1) is 0 Å². The molecule has 0 saturated heterocycles. The molecule has 2 aromatic carbocycles. The van der Waals surface area contributed by atoms with Crippen LogP contribution in [0, 0.1) is 0 Å². The summed E-state index contributed by atoms with van der Waals surface area (Å²) in [6.45, 7) is 0. The van der Waals surface area contributed by atoms with E-state index in [0.29, 0.717) is 0 Å². The van der Waals surface area contributed by atoms with E-state index < -0.39 is 6.10 Å². The maximum Gasteiger partial charge on any atom is 0.101 e. The van der Waals surface area contributed by atoms with Crippen LogP contribution in [0.2, 0.25) is 0 Å². The summed E-state index contributed by atoms with van der Waals surface area (Å²) >= 11 is 0. The molecular weight excluding hydrogens is 208 g/mol. The zero-order chi connectivity index (χ0) is 11.7. The second kappa shape index (κ2) is 4.19. The lowest BCUT2D eigenvalue weighted by Gasteiger charge is -2.05. The average molecular weight is 222 g/mol. The first-order valence-electron chi connectivity index (χ1n) is 5.86. The first-order chi connectivity index (χ1) is 8.36. The average Bonchev–Trinajstić information content (AvgIpc) is 3.20. The van der Waals surface area contributed by atoms with Crippen molar-refractivity contribution in [2.75, 3.05) is 0 Å². The highest BCUT2D eigenvalue weighted by Crippen LogP contribution is 2.46. The number of aliphatic hydroxyl groups excluding tert-OH is 1. The lowest BCUT2D eigenvalue weighted by molar-refractivity contribution is 0.220. The Balaban J connectivity index is 1.87. The van der Waals surface area contributed by atoms with Crippen LogP contribution in [-0.2, 0) is 0 Å². The van der Waals surface area contributed by atoms with Gasteiger partial charge in [0.15, 0.2) is 0 Å². The molecule has 1 aliphatic carbocycles. The van der Waals surface area contributed by atoms with Crippen molar-refractivity contribution in [1.29, 1.82) is 0 Å². The van der Waals surface area contributed by atoms with E-state index in [1.165, 1.54) is 11.1 Å². The molecule has 1 heteroatoms. The Hall–Kier alpha value is -1.86. The van der Waals surface area contributed by atoms with Crippen molar-refractivity contribution in [3.8, 4) is 0 Å². The Morgan fingerprint density at radius 1 is 0.824 bits per heavy atom. The molecule has 1 nitrogen and oxygen atoms in total. The Bertz CT molecular complexity index is 540. The van der Waals surface area contributed by atoms with Crippen molar-refractivity contribution in [3.63, 3.8) is 0 Å². The highest BCUT2D eigenvalue weighted by molar-refractivity contribution is 5.83. The van der Waals surface area contributed by atoms with Gasteiger partial charge in [-0.1, -0.05) is 60.7 Å². The lowest BCUT2D eigenvalue weighted by atomic mass is 10.1. The van der Waals surface area contributed by atoms with Gasteiger partial charge in [0, 0.05) is 0 Å². The Kier molecular flexibility index (Phi) is 2.54. The van der Waals surface area contributed by atoms with Gasteiger partial charge in [-0.25, -0.2) is 0 Å². The highest BCUT2D eigenvalue weighted by atomic mass is 16.3. The molecule has 0 saturated carbocycles. The second-order valence-corrected chi connectivity index (χ2v) is 4.36. The van der Waals surface area contributed by atoms with E-state index >= 15 is 0 Å². The normalized spacial score (nSPS) is 15.8. The van der Waals surface area contributed by atoms with Crippen molar-refractivity contribution >= 4 is 5.57 Å². The predicted molar refractivity (Wildman–Crippen MR) is 69.4 cm³/mol. The predicted octanol–water partition coefficient (Wildman–Crippen LogP) is 3.58. The number of benzene rings is 2. The fourth-order valence-electron chi connectivity index (χ4n) is 2.17. The number of allylic oxidation sites excluding steroid dienone is 1. The first-order valence-corrected chi connectivity index (χ1v) is 5.86. The lowest BCUT2D eigenvalue weighted by Crippen LogP contribution is -1.93. The SMILES string of the molecule is OC(C1=C(c2ccccc2)C1)c1ccccc1.